The van der Waals surface area contributed by atoms with Crippen molar-refractivity contribution in [2.24, 2.45) is 0 Å². The zero-order valence-corrected chi connectivity index (χ0v) is 12.3. The molecule has 0 atom stereocenters. The minimum atomic E-state index is -3.80. The van der Waals surface area contributed by atoms with E-state index in [0.29, 0.717) is 4.47 Å². The lowest BCUT2D eigenvalue weighted by atomic mass is 10.2. The highest BCUT2D eigenvalue weighted by Crippen LogP contribution is 2.22. The molecule has 0 fully saturated rings. The summed E-state index contributed by atoms with van der Waals surface area (Å²) < 4.78 is 26.9. The predicted molar refractivity (Wildman–Crippen MR) is 76.1 cm³/mol. The number of hydrogen-bond donors (Lipinski definition) is 2. The second-order valence-corrected chi connectivity index (χ2v) is 6.43. The van der Waals surface area contributed by atoms with Gasteiger partial charge in [-0.3, -0.25) is 9.71 Å². The Kier molecular flexibility index (Phi) is 4.05. The smallest absolute Gasteiger partial charge is 0.335 e. The van der Waals surface area contributed by atoms with E-state index in [1.54, 1.807) is 0 Å². The van der Waals surface area contributed by atoms with E-state index in [-0.39, 0.29) is 16.1 Å². The van der Waals surface area contributed by atoms with Gasteiger partial charge in [0.25, 0.3) is 10.0 Å². The van der Waals surface area contributed by atoms with Gasteiger partial charge < -0.3 is 5.11 Å². The number of rotatable bonds is 4. The van der Waals surface area contributed by atoms with E-state index in [4.69, 9.17) is 5.11 Å². The third kappa shape index (κ3) is 3.34. The van der Waals surface area contributed by atoms with Crippen LogP contribution in [0.15, 0.2) is 52.1 Å². The molecule has 0 spiro atoms. The van der Waals surface area contributed by atoms with Crippen LogP contribution >= 0.6 is 15.9 Å². The van der Waals surface area contributed by atoms with Gasteiger partial charge in [0, 0.05) is 16.9 Å². The molecule has 0 amide bonds. The Balaban J connectivity index is 2.37. The maximum atomic E-state index is 12.1. The Labute approximate surface area is 123 Å². The first-order chi connectivity index (χ1) is 9.38. The summed E-state index contributed by atoms with van der Waals surface area (Å²) in [6.07, 6.45) is 2.67. The number of halogens is 1. The summed E-state index contributed by atoms with van der Waals surface area (Å²) in [7, 11) is -3.80. The number of carboxylic acid groups (broad SMARTS) is 1. The molecule has 0 saturated heterocycles. The molecular formula is C12H9BrN2O4S. The molecule has 0 unspecified atom stereocenters. The monoisotopic (exact) mass is 356 g/mol. The van der Waals surface area contributed by atoms with Crippen LogP contribution in [0, 0.1) is 0 Å². The largest absolute Gasteiger partial charge is 0.478 e. The molecule has 1 aromatic carbocycles. The lowest BCUT2D eigenvalue weighted by Gasteiger charge is -2.09. The number of hydrogen-bond acceptors (Lipinski definition) is 4. The molecule has 0 aliphatic rings. The van der Waals surface area contributed by atoms with Crippen molar-refractivity contribution in [1.82, 2.24) is 4.98 Å². The van der Waals surface area contributed by atoms with Crippen LogP contribution in [0.5, 0.6) is 0 Å². The summed E-state index contributed by atoms with van der Waals surface area (Å²) in [6, 6.07) is 6.98. The Morgan fingerprint density at radius 2 is 2.05 bits per heavy atom. The number of aromatic nitrogens is 1. The third-order valence-corrected chi connectivity index (χ3v) is 4.17. The molecule has 0 radical (unpaired) electrons. The third-order valence-electron chi connectivity index (χ3n) is 2.34. The van der Waals surface area contributed by atoms with E-state index >= 15 is 0 Å². The molecule has 0 saturated carbocycles. The highest BCUT2D eigenvalue weighted by Gasteiger charge is 2.15. The van der Waals surface area contributed by atoms with Gasteiger partial charge in [0.15, 0.2) is 0 Å². The van der Waals surface area contributed by atoms with Gasteiger partial charge in [-0.05, 0) is 30.3 Å². The lowest BCUT2D eigenvalue weighted by Crippen LogP contribution is -2.13. The fraction of sp³-hybridized carbons (Fsp3) is 0. The number of nitrogens with zero attached hydrogens (tertiary/aromatic N) is 1. The number of nitrogens with one attached hydrogen (secondary N) is 1. The van der Waals surface area contributed by atoms with Gasteiger partial charge in [-0.15, -0.1) is 0 Å². The van der Waals surface area contributed by atoms with Crippen molar-refractivity contribution in [2.75, 3.05) is 4.72 Å². The quantitative estimate of drug-likeness (QED) is 0.876. The molecule has 2 rings (SSSR count). The van der Waals surface area contributed by atoms with Crippen LogP contribution in [0.1, 0.15) is 10.4 Å². The molecule has 1 heterocycles. The molecule has 2 aromatic rings. The molecule has 6 nitrogen and oxygen atoms in total. The standard InChI is InChI=1S/C12H9BrN2O4S/c13-9-4-8(12(16)17)5-10(6-9)15-20(18,19)11-2-1-3-14-7-11/h1-7,15H,(H,16,17). The maximum Gasteiger partial charge on any atom is 0.335 e. The fourth-order valence-electron chi connectivity index (χ4n) is 1.49. The van der Waals surface area contributed by atoms with Gasteiger partial charge in [-0.2, -0.15) is 0 Å². The second kappa shape index (κ2) is 5.59. The summed E-state index contributed by atoms with van der Waals surface area (Å²) in [4.78, 5) is 14.7. The number of benzene rings is 1. The fourth-order valence-corrected chi connectivity index (χ4v) is 2.99. The molecule has 8 heteroatoms. The average Bonchev–Trinajstić information content (AvgIpc) is 2.38. The molecule has 0 aliphatic carbocycles. The zero-order chi connectivity index (χ0) is 14.8. The Bertz CT molecular complexity index is 747. The Morgan fingerprint density at radius 3 is 2.65 bits per heavy atom. The van der Waals surface area contributed by atoms with E-state index in [9.17, 15) is 13.2 Å². The number of aromatic carboxylic acids is 1. The van der Waals surface area contributed by atoms with Crippen molar-refractivity contribution in [3.05, 3.63) is 52.8 Å². The molecule has 1 aromatic heterocycles. The first-order valence-electron chi connectivity index (χ1n) is 5.35. The van der Waals surface area contributed by atoms with Gasteiger partial charge in [0.1, 0.15) is 4.90 Å². The van der Waals surface area contributed by atoms with Crippen molar-refractivity contribution in [3.63, 3.8) is 0 Å². The van der Waals surface area contributed by atoms with Crippen molar-refractivity contribution in [2.45, 2.75) is 4.90 Å². The summed E-state index contributed by atoms with van der Waals surface area (Å²) in [5, 5.41) is 8.94. The number of anilines is 1. The van der Waals surface area contributed by atoms with E-state index in [1.807, 2.05) is 0 Å². The normalized spacial score (nSPS) is 11.1. The maximum absolute atomic E-state index is 12.1. The Hall–Kier alpha value is -1.93. The summed E-state index contributed by atoms with van der Waals surface area (Å²) >= 11 is 3.13. The lowest BCUT2D eigenvalue weighted by molar-refractivity contribution is 0.0697. The summed E-state index contributed by atoms with van der Waals surface area (Å²) in [6.45, 7) is 0. The summed E-state index contributed by atoms with van der Waals surface area (Å²) in [5.74, 6) is -1.15. The predicted octanol–water partition coefficient (Wildman–Crippen LogP) is 2.34. The van der Waals surface area contributed by atoms with Gasteiger partial charge in [-0.25, -0.2) is 13.2 Å². The first-order valence-corrected chi connectivity index (χ1v) is 7.63. The molecule has 0 aliphatic heterocycles. The molecule has 20 heavy (non-hydrogen) atoms. The number of carboxylic acids is 1. The van der Waals surface area contributed by atoms with E-state index in [0.717, 1.165) is 0 Å². The van der Waals surface area contributed by atoms with Crippen molar-refractivity contribution >= 4 is 37.6 Å². The second-order valence-electron chi connectivity index (χ2n) is 3.83. The molecule has 104 valence electrons. The van der Waals surface area contributed by atoms with Crippen LogP contribution in [0.4, 0.5) is 5.69 Å². The molecule has 0 bridgehead atoms. The van der Waals surface area contributed by atoms with E-state index < -0.39 is 16.0 Å². The molecular weight excluding hydrogens is 348 g/mol. The zero-order valence-electron chi connectivity index (χ0n) is 9.95. The van der Waals surface area contributed by atoms with Crippen LogP contribution in [0.2, 0.25) is 0 Å². The van der Waals surface area contributed by atoms with Crippen LogP contribution < -0.4 is 4.72 Å². The minimum absolute atomic E-state index is 0.00292. The minimum Gasteiger partial charge on any atom is -0.478 e. The van der Waals surface area contributed by atoms with Crippen molar-refractivity contribution in [3.8, 4) is 0 Å². The van der Waals surface area contributed by atoms with Crippen LogP contribution in [0.3, 0.4) is 0 Å². The topological polar surface area (TPSA) is 96.4 Å². The van der Waals surface area contributed by atoms with Crippen molar-refractivity contribution < 1.29 is 18.3 Å². The Morgan fingerprint density at radius 1 is 1.30 bits per heavy atom. The number of carbonyl (C=O) groups is 1. The van der Waals surface area contributed by atoms with Gasteiger partial charge in [-0.1, -0.05) is 15.9 Å². The SMILES string of the molecule is O=C(O)c1cc(Br)cc(NS(=O)(=O)c2cccnc2)c1. The highest BCUT2D eigenvalue weighted by atomic mass is 79.9. The van der Waals surface area contributed by atoms with Crippen LogP contribution in [-0.4, -0.2) is 24.5 Å². The van der Waals surface area contributed by atoms with Gasteiger partial charge in [0.05, 0.1) is 11.3 Å². The number of sulfonamides is 1. The van der Waals surface area contributed by atoms with Crippen molar-refractivity contribution in [1.29, 1.82) is 0 Å². The molecule has 2 N–H and O–H groups in total. The highest BCUT2D eigenvalue weighted by molar-refractivity contribution is 9.10. The van der Waals surface area contributed by atoms with Gasteiger partial charge >= 0.3 is 5.97 Å². The van der Waals surface area contributed by atoms with E-state index in [2.05, 4.69) is 25.6 Å². The van der Waals surface area contributed by atoms with E-state index in [1.165, 1.54) is 42.7 Å². The van der Waals surface area contributed by atoms with Crippen LogP contribution in [0.25, 0.3) is 0 Å². The first kappa shape index (κ1) is 14.5. The summed E-state index contributed by atoms with van der Waals surface area (Å²) in [5.41, 5.74) is 0.129. The van der Waals surface area contributed by atoms with Crippen LogP contribution in [-0.2, 0) is 10.0 Å². The number of pyridine rings is 1. The van der Waals surface area contributed by atoms with Gasteiger partial charge in [0.2, 0.25) is 0 Å². The average molecular weight is 357 g/mol.